The molecule has 0 spiro atoms. The van der Waals surface area contributed by atoms with E-state index in [4.69, 9.17) is 14.5 Å². The monoisotopic (exact) mass is 528 g/mol. The molecule has 1 aliphatic heterocycles. The molecule has 5 rings (SSSR count). The molecule has 0 atom stereocenters. The van der Waals surface area contributed by atoms with Gasteiger partial charge in [0, 0.05) is 55.7 Å². The summed E-state index contributed by atoms with van der Waals surface area (Å²) in [6.45, 7) is 4.82. The van der Waals surface area contributed by atoms with E-state index in [1.165, 1.54) is 6.20 Å². The van der Waals surface area contributed by atoms with E-state index in [0.29, 0.717) is 61.0 Å². The van der Waals surface area contributed by atoms with Crippen LogP contribution in [0.2, 0.25) is 0 Å². The lowest BCUT2D eigenvalue weighted by Crippen LogP contribution is -2.46. The van der Waals surface area contributed by atoms with Crippen molar-refractivity contribution in [3.8, 4) is 29.0 Å². The van der Waals surface area contributed by atoms with Crippen LogP contribution < -0.4 is 14.4 Å². The van der Waals surface area contributed by atoms with E-state index in [1.54, 1.807) is 43.8 Å². The molecule has 10 heteroatoms. The van der Waals surface area contributed by atoms with Crippen molar-refractivity contribution in [3.63, 3.8) is 0 Å². The molecule has 0 amide bonds. The van der Waals surface area contributed by atoms with Gasteiger partial charge in [0.2, 0.25) is 5.88 Å². The van der Waals surface area contributed by atoms with E-state index < -0.39 is 11.2 Å². The lowest BCUT2D eigenvalue weighted by atomic mass is 9.86. The lowest BCUT2D eigenvalue weighted by Gasteiger charge is -2.39. The molecule has 1 aliphatic rings. The summed E-state index contributed by atoms with van der Waals surface area (Å²) in [5, 5.41) is 30.9. The topological polar surface area (TPSA) is 129 Å². The fourth-order valence-corrected chi connectivity index (χ4v) is 4.79. The number of pyridine rings is 3. The van der Waals surface area contributed by atoms with Gasteiger partial charge in [-0.1, -0.05) is 6.07 Å². The normalized spacial score (nSPS) is 15.2. The van der Waals surface area contributed by atoms with E-state index in [-0.39, 0.29) is 6.61 Å². The second kappa shape index (κ2) is 10.5. The maximum atomic E-state index is 11.2. The van der Waals surface area contributed by atoms with Gasteiger partial charge in [-0.25, -0.2) is 15.0 Å². The zero-order valence-electron chi connectivity index (χ0n) is 22.3. The van der Waals surface area contributed by atoms with Crippen LogP contribution in [0, 0.1) is 11.3 Å². The van der Waals surface area contributed by atoms with Gasteiger partial charge in [-0.3, -0.25) is 4.40 Å². The molecular formula is C29H32N6O4. The Morgan fingerprint density at radius 2 is 1.85 bits per heavy atom. The first kappa shape index (κ1) is 26.4. The smallest absolute Gasteiger partial charge is 0.212 e. The number of aromatic nitrogens is 4. The number of ether oxygens (including phenoxy) is 2. The highest BCUT2D eigenvalue weighted by Crippen LogP contribution is 2.31. The fraction of sp³-hybridized carbons (Fsp3) is 0.379. The van der Waals surface area contributed by atoms with Crippen molar-refractivity contribution in [1.29, 1.82) is 5.26 Å². The Morgan fingerprint density at radius 1 is 1.05 bits per heavy atom. The third-order valence-electron chi connectivity index (χ3n) is 6.89. The Labute approximate surface area is 227 Å². The summed E-state index contributed by atoms with van der Waals surface area (Å²) < 4.78 is 12.7. The van der Waals surface area contributed by atoms with Gasteiger partial charge in [0.1, 0.15) is 35.6 Å². The molecule has 0 aromatic carbocycles. The third kappa shape index (κ3) is 5.95. The molecule has 39 heavy (non-hydrogen) atoms. The van der Waals surface area contributed by atoms with E-state index in [0.717, 1.165) is 16.9 Å². The minimum Gasteiger partial charge on any atom is -0.490 e. The highest BCUT2D eigenvalue weighted by molar-refractivity contribution is 5.68. The number of hydrogen-bond acceptors (Lipinski definition) is 9. The molecular weight excluding hydrogens is 496 g/mol. The minimum atomic E-state index is -0.991. The molecule has 0 bridgehead atoms. The first-order valence-corrected chi connectivity index (χ1v) is 12.9. The van der Waals surface area contributed by atoms with Crippen LogP contribution in [0.3, 0.4) is 0 Å². The minimum absolute atomic E-state index is 0.113. The second-order valence-electron chi connectivity index (χ2n) is 10.6. The van der Waals surface area contributed by atoms with Gasteiger partial charge in [-0.15, -0.1) is 0 Å². The van der Waals surface area contributed by atoms with Crippen LogP contribution in [0.4, 0.5) is 5.82 Å². The number of piperidine rings is 1. The van der Waals surface area contributed by atoms with Crippen LogP contribution in [-0.4, -0.2) is 67.6 Å². The van der Waals surface area contributed by atoms with Crippen LogP contribution in [0.1, 0.15) is 37.9 Å². The van der Waals surface area contributed by atoms with Crippen molar-refractivity contribution in [2.24, 2.45) is 0 Å². The van der Waals surface area contributed by atoms with Crippen LogP contribution in [0.15, 0.2) is 55.0 Å². The third-order valence-corrected chi connectivity index (χ3v) is 6.89. The van der Waals surface area contributed by atoms with E-state index in [1.807, 2.05) is 30.3 Å². The van der Waals surface area contributed by atoms with Crippen LogP contribution >= 0.6 is 0 Å². The fourth-order valence-electron chi connectivity index (χ4n) is 4.79. The number of methoxy groups -OCH3 is 1. The molecule has 0 aliphatic carbocycles. The number of imidazole rings is 1. The average molecular weight is 529 g/mol. The van der Waals surface area contributed by atoms with Gasteiger partial charge < -0.3 is 24.6 Å². The zero-order chi connectivity index (χ0) is 27.6. The van der Waals surface area contributed by atoms with Crippen LogP contribution in [-0.2, 0) is 6.42 Å². The number of hydrogen-bond donors (Lipinski definition) is 2. The first-order chi connectivity index (χ1) is 18.7. The Balaban J connectivity index is 1.32. The molecule has 1 saturated heterocycles. The lowest BCUT2D eigenvalue weighted by molar-refractivity contribution is 0.0163. The highest BCUT2D eigenvalue weighted by Gasteiger charge is 2.33. The molecule has 0 saturated carbocycles. The van der Waals surface area contributed by atoms with Crippen molar-refractivity contribution in [2.75, 3.05) is 31.7 Å². The van der Waals surface area contributed by atoms with Gasteiger partial charge >= 0.3 is 0 Å². The maximum absolute atomic E-state index is 11.2. The SMILES string of the molecule is COc1ccc(CC2(O)CCN(c3ccc(-c4cc(OCC(C)(C)O)cc5ncc(C#N)n45)cn3)CC2)cn1. The molecule has 2 N–H and O–H groups in total. The van der Waals surface area contributed by atoms with Crippen molar-refractivity contribution in [1.82, 2.24) is 19.4 Å². The van der Waals surface area contributed by atoms with E-state index in [2.05, 4.69) is 20.9 Å². The van der Waals surface area contributed by atoms with E-state index >= 15 is 0 Å². The summed E-state index contributed by atoms with van der Waals surface area (Å²) in [6.07, 6.45) is 6.82. The van der Waals surface area contributed by atoms with Gasteiger partial charge in [0.05, 0.1) is 30.2 Å². The molecule has 4 aromatic rings. The summed E-state index contributed by atoms with van der Waals surface area (Å²) in [6, 6.07) is 13.4. The van der Waals surface area contributed by atoms with Crippen molar-refractivity contribution < 1.29 is 19.7 Å². The summed E-state index contributed by atoms with van der Waals surface area (Å²) in [5.74, 6) is 1.92. The number of aliphatic hydroxyl groups is 2. The molecule has 1 fully saturated rings. The number of anilines is 1. The first-order valence-electron chi connectivity index (χ1n) is 12.9. The highest BCUT2D eigenvalue weighted by atomic mass is 16.5. The van der Waals surface area contributed by atoms with Crippen molar-refractivity contribution in [3.05, 3.63) is 66.2 Å². The molecule has 10 nitrogen and oxygen atoms in total. The van der Waals surface area contributed by atoms with E-state index in [9.17, 15) is 15.5 Å². The number of nitrogens with zero attached hydrogens (tertiary/aromatic N) is 6. The zero-order valence-corrected chi connectivity index (χ0v) is 22.3. The number of nitriles is 1. The Morgan fingerprint density at radius 3 is 2.46 bits per heavy atom. The second-order valence-corrected chi connectivity index (χ2v) is 10.6. The van der Waals surface area contributed by atoms with Gasteiger partial charge in [0.15, 0.2) is 0 Å². The molecule has 5 heterocycles. The summed E-state index contributed by atoms with van der Waals surface area (Å²) in [7, 11) is 1.58. The van der Waals surface area contributed by atoms with Gasteiger partial charge in [0.25, 0.3) is 0 Å². The van der Waals surface area contributed by atoms with Gasteiger partial charge in [-0.05, 0) is 44.4 Å². The molecule has 0 radical (unpaired) electrons. The van der Waals surface area contributed by atoms with Crippen LogP contribution in [0.25, 0.3) is 16.9 Å². The Bertz CT molecular complexity index is 1480. The molecule has 0 unspecified atom stereocenters. The average Bonchev–Trinajstić information content (AvgIpc) is 3.35. The number of rotatable bonds is 8. The van der Waals surface area contributed by atoms with Gasteiger partial charge in [-0.2, -0.15) is 5.26 Å². The summed E-state index contributed by atoms with van der Waals surface area (Å²) in [5.41, 5.74) is 1.68. The Kier molecular flexibility index (Phi) is 7.12. The number of fused-ring (bicyclic) bond motifs is 1. The van der Waals surface area contributed by atoms with Crippen molar-refractivity contribution >= 4 is 11.5 Å². The predicted octanol–water partition coefficient (Wildman–Crippen LogP) is 3.40. The Hall–Kier alpha value is -4.20. The quantitative estimate of drug-likeness (QED) is 0.353. The maximum Gasteiger partial charge on any atom is 0.212 e. The summed E-state index contributed by atoms with van der Waals surface area (Å²) in [4.78, 5) is 15.5. The predicted molar refractivity (Wildman–Crippen MR) is 146 cm³/mol. The summed E-state index contributed by atoms with van der Waals surface area (Å²) >= 11 is 0. The molecule has 4 aromatic heterocycles. The van der Waals surface area contributed by atoms with Crippen molar-refractivity contribution in [2.45, 2.75) is 44.3 Å². The molecule has 202 valence electrons. The standard InChI is InChI=1S/C29H32N6O4/c1-28(2,36)19-39-23-12-24(35-22(15-30)18-32-26(35)13-23)21-5-6-25(31-17-21)34-10-8-29(37,9-11-34)14-20-4-7-27(38-3)33-16-20/h4-7,12-13,16-18,36-37H,8-11,14,19H2,1-3H3. The van der Waals surface area contributed by atoms with Crippen LogP contribution in [0.5, 0.6) is 11.6 Å². The largest absolute Gasteiger partial charge is 0.490 e.